The molecule has 3 heterocycles. The van der Waals surface area contributed by atoms with Crippen molar-refractivity contribution in [1.82, 2.24) is 35.0 Å². The number of para-hydroxylation sites is 2. The minimum atomic E-state index is -0.305. The summed E-state index contributed by atoms with van der Waals surface area (Å²) in [5.41, 5.74) is 2.05. The van der Waals surface area contributed by atoms with Gasteiger partial charge in [0, 0.05) is 12.4 Å². The Morgan fingerprint density at radius 3 is 2.83 bits per heavy atom. The highest BCUT2D eigenvalue weighted by atomic mass is 16.1. The van der Waals surface area contributed by atoms with Gasteiger partial charge >= 0.3 is 0 Å². The van der Waals surface area contributed by atoms with Crippen LogP contribution in [0.2, 0.25) is 0 Å². The van der Waals surface area contributed by atoms with Gasteiger partial charge in [-0.15, -0.1) is 10.2 Å². The maximum Gasteiger partial charge on any atom is 0.272 e. The number of benzene rings is 1. The molecular formula is C16H13N7O. The smallest absolute Gasteiger partial charge is 0.272 e. The van der Waals surface area contributed by atoms with Crippen molar-refractivity contribution in [3.8, 4) is 5.82 Å². The number of nitrogens with one attached hydrogen (secondary N) is 2. The number of hydrogen-bond donors (Lipinski definition) is 2. The van der Waals surface area contributed by atoms with Gasteiger partial charge in [0.15, 0.2) is 11.5 Å². The lowest BCUT2D eigenvalue weighted by molar-refractivity contribution is 0.0944. The number of aromatic amines is 1. The Labute approximate surface area is 136 Å². The number of carbonyl (C=O) groups excluding carboxylic acids is 1. The first-order valence-electron chi connectivity index (χ1n) is 7.33. The second-order valence-corrected chi connectivity index (χ2v) is 5.13. The molecule has 0 saturated carbocycles. The van der Waals surface area contributed by atoms with Gasteiger partial charge in [-0.1, -0.05) is 12.1 Å². The zero-order valence-electron chi connectivity index (χ0n) is 12.5. The summed E-state index contributed by atoms with van der Waals surface area (Å²) in [5.74, 6) is 0.981. The van der Waals surface area contributed by atoms with E-state index in [1.165, 1.54) is 0 Å². The van der Waals surface area contributed by atoms with Crippen LogP contribution in [0.15, 0.2) is 55.1 Å². The predicted octanol–water partition coefficient (Wildman–Crippen LogP) is 1.47. The molecule has 0 aliphatic heterocycles. The molecule has 0 saturated heterocycles. The first kappa shape index (κ1) is 14.1. The number of rotatable bonds is 4. The van der Waals surface area contributed by atoms with Crippen LogP contribution >= 0.6 is 0 Å². The van der Waals surface area contributed by atoms with Crippen molar-refractivity contribution in [1.29, 1.82) is 0 Å². The van der Waals surface area contributed by atoms with E-state index in [0.29, 0.717) is 18.2 Å². The van der Waals surface area contributed by atoms with E-state index < -0.39 is 0 Å². The summed E-state index contributed by atoms with van der Waals surface area (Å²) < 4.78 is 1.71. The number of imidazole rings is 2. The average Bonchev–Trinajstić information content (AvgIpc) is 3.29. The third kappa shape index (κ3) is 2.72. The van der Waals surface area contributed by atoms with E-state index in [9.17, 15) is 4.79 Å². The predicted molar refractivity (Wildman–Crippen MR) is 86.4 cm³/mol. The molecule has 2 N–H and O–H groups in total. The molecule has 8 heteroatoms. The van der Waals surface area contributed by atoms with Crippen molar-refractivity contribution in [2.75, 3.05) is 0 Å². The van der Waals surface area contributed by atoms with E-state index in [-0.39, 0.29) is 11.6 Å². The first-order chi connectivity index (χ1) is 11.8. The van der Waals surface area contributed by atoms with Crippen LogP contribution < -0.4 is 5.32 Å². The van der Waals surface area contributed by atoms with Crippen molar-refractivity contribution in [2.45, 2.75) is 6.54 Å². The second-order valence-electron chi connectivity index (χ2n) is 5.13. The van der Waals surface area contributed by atoms with Gasteiger partial charge in [0.2, 0.25) is 0 Å². The van der Waals surface area contributed by atoms with Crippen LogP contribution in [0.25, 0.3) is 16.9 Å². The summed E-state index contributed by atoms with van der Waals surface area (Å²) in [7, 11) is 0. The van der Waals surface area contributed by atoms with Gasteiger partial charge in [-0.3, -0.25) is 9.36 Å². The Bertz CT molecular complexity index is 940. The summed E-state index contributed by atoms with van der Waals surface area (Å²) in [6.07, 6.45) is 5.02. The Hall–Kier alpha value is -3.55. The monoisotopic (exact) mass is 319 g/mol. The molecule has 0 aliphatic rings. The van der Waals surface area contributed by atoms with Crippen LogP contribution in [-0.4, -0.2) is 35.6 Å². The lowest BCUT2D eigenvalue weighted by Crippen LogP contribution is -2.24. The van der Waals surface area contributed by atoms with Gasteiger partial charge in [0.25, 0.3) is 5.91 Å². The van der Waals surface area contributed by atoms with E-state index in [2.05, 4.69) is 30.5 Å². The molecule has 24 heavy (non-hydrogen) atoms. The molecule has 0 radical (unpaired) electrons. The molecule has 0 unspecified atom stereocenters. The summed E-state index contributed by atoms with van der Waals surface area (Å²) in [6, 6.07) is 11.0. The normalized spacial score (nSPS) is 10.8. The number of aromatic nitrogens is 6. The zero-order valence-corrected chi connectivity index (χ0v) is 12.5. The average molecular weight is 319 g/mol. The van der Waals surface area contributed by atoms with E-state index in [0.717, 1.165) is 11.0 Å². The number of fused-ring (bicyclic) bond motifs is 1. The topological polar surface area (TPSA) is 101 Å². The molecule has 1 aromatic carbocycles. The Balaban J connectivity index is 1.44. The Morgan fingerprint density at radius 2 is 2.08 bits per heavy atom. The quantitative estimate of drug-likeness (QED) is 0.593. The van der Waals surface area contributed by atoms with Crippen molar-refractivity contribution in [2.24, 2.45) is 0 Å². The number of H-pyrrole nitrogens is 1. The van der Waals surface area contributed by atoms with Crippen molar-refractivity contribution >= 4 is 16.9 Å². The summed E-state index contributed by atoms with van der Waals surface area (Å²) in [5, 5.41) is 10.7. The Morgan fingerprint density at radius 1 is 1.17 bits per heavy atom. The minimum absolute atomic E-state index is 0.245. The van der Waals surface area contributed by atoms with Crippen LogP contribution in [0, 0.1) is 0 Å². The molecule has 0 fully saturated rings. The van der Waals surface area contributed by atoms with Gasteiger partial charge < -0.3 is 10.3 Å². The van der Waals surface area contributed by atoms with Crippen molar-refractivity contribution < 1.29 is 4.79 Å². The van der Waals surface area contributed by atoms with Crippen LogP contribution in [0.4, 0.5) is 0 Å². The number of hydrogen-bond acceptors (Lipinski definition) is 5. The van der Waals surface area contributed by atoms with E-state index in [1.54, 1.807) is 35.4 Å². The highest BCUT2D eigenvalue weighted by Crippen LogP contribution is 2.10. The largest absolute Gasteiger partial charge is 0.343 e. The highest BCUT2D eigenvalue weighted by molar-refractivity contribution is 5.92. The van der Waals surface area contributed by atoms with Gasteiger partial charge in [-0.25, -0.2) is 9.97 Å². The third-order valence-corrected chi connectivity index (χ3v) is 3.51. The number of amides is 1. The molecule has 0 bridgehead atoms. The SMILES string of the molecule is O=C(NCc1nc2ccccc2[nH]1)c1ccc(-n2ccnc2)nn1. The fourth-order valence-corrected chi connectivity index (χ4v) is 2.32. The van der Waals surface area contributed by atoms with Crippen LogP contribution in [0.5, 0.6) is 0 Å². The molecule has 118 valence electrons. The van der Waals surface area contributed by atoms with Crippen molar-refractivity contribution in [3.05, 3.63) is 66.6 Å². The van der Waals surface area contributed by atoms with Gasteiger partial charge in [-0.2, -0.15) is 0 Å². The van der Waals surface area contributed by atoms with Gasteiger partial charge in [0.05, 0.1) is 17.6 Å². The third-order valence-electron chi connectivity index (χ3n) is 3.51. The summed E-state index contributed by atoms with van der Waals surface area (Å²) in [4.78, 5) is 23.7. The molecular weight excluding hydrogens is 306 g/mol. The van der Waals surface area contributed by atoms with Crippen molar-refractivity contribution in [3.63, 3.8) is 0 Å². The minimum Gasteiger partial charge on any atom is -0.343 e. The lowest BCUT2D eigenvalue weighted by Gasteiger charge is -2.03. The first-order valence-corrected chi connectivity index (χ1v) is 7.33. The summed E-state index contributed by atoms with van der Waals surface area (Å²) in [6.45, 7) is 0.290. The zero-order chi connectivity index (χ0) is 16.4. The molecule has 4 rings (SSSR count). The fraction of sp³-hybridized carbons (Fsp3) is 0.0625. The lowest BCUT2D eigenvalue weighted by atomic mass is 10.3. The molecule has 1 amide bonds. The summed E-state index contributed by atoms with van der Waals surface area (Å²) >= 11 is 0. The molecule has 3 aromatic heterocycles. The van der Waals surface area contributed by atoms with Crippen LogP contribution in [-0.2, 0) is 6.54 Å². The molecule has 8 nitrogen and oxygen atoms in total. The molecule has 0 atom stereocenters. The number of carbonyl (C=O) groups is 1. The molecule has 4 aromatic rings. The maximum absolute atomic E-state index is 12.2. The van der Waals surface area contributed by atoms with Gasteiger partial charge in [-0.05, 0) is 24.3 Å². The second kappa shape index (κ2) is 5.92. The highest BCUT2D eigenvalue weighted by Gasteiger charge is 2.10. The molecule has 0 aliphatic carbocycles. The van der Waals surface area contributed by atoms with Crippen LogP contribution in [0.3, 0.4) is 0 Å². The van der Waals surface area contributed by atoms with Gasteiger partial charge in [0.1, 0.15) is 12.2 Å². The maximum atomic E-state index is 12.2. The van der Waals surface area contributed by atoms with Crippen LogP contribution in [0.1, 0.15) is 16.3 Å². The van der Waals surface area contributed by atoms with E-state index in [4.69, 9.17) is 0 Å². The van der Waals surface area contributed by atoms with E-state index in [1.807, 2.05) is 24.3 Å². The van der Waals surface area contributed by atoms with E-state index >= 15 is 0 Å². The fourth-order valence-electron chi connectivity index (χ4n) is 2.32. The molecule has 0 spiro atoms. The Kier molecular flexibility index (Phi) is 3.47. The standard InChI is InChI=1S/C16H13N7O/c24-16(13-5-6-15(22-21-13)23-8-7-17-10-23)18-9-14-19-11-3-1-2-4-12(11)20-14/h1-8,10H,9H2,(H,18,24)(H,19,20). The number of nitrogens with zero attached hydrogens (tertiary/aromatic N) is 5.